The predicted octanol–water partition coefficient (Wildman–Crippen LogP) is 3.35. The van der Waals surface area contributed by atoms with Gasteiger partial charge in [0.2, 0.25) is 10.0 Å². The Hall–Kier alpha value is -2.06. The van der Waals surface area contributed by atoms with Gasteiger partial charge in [0.25, 0.3) is 10.0 Å². The highest BCUT2D eigenvalue weighted by Crippen LogP contribution is 2.32. The molecule has 8 heteroatoms. The van der Waals surface area contributed by atoms with E-state index in [1.54, 1.807) is 45.0 Å². The van der Waals surface area contributed by atoms with Crippen molar-refractivity contribution in [3.05, 3.63) is 52.6 Å². The van der Waals surface area contributed by atoms with Gasteiger partial charge in [-0.3, -0.25) is 9.44 Å². The van der Waals surface area contributed by atoms with Crippen molar-refractivity contribution in [2.24, 2.45) is 0 Å². The lowest BCUT2D eigenvalue weighted by Gasteiger charge is -2.19. The molecule has 0 aliphatic heterocycles. The largest absolute Gasteiger partial charge is 0.283 e. The molecule has 0 aliphatic carbocycles. The SMILES string of the molecule is CCc1cccc(NS(=O)(=O)c2c(C)cc(C)c(NS(C)(=O)=O)c2C)c1. The second-order valence-corrected chi connectivity index (χ2v) is 9.74. The summed E-state index contributed by atoms with van der Waals surface area (Å²) >= 11 is 0. The zero-order chi connectivity index (χ0) is 19.7. The summed E-state index contributed by atoms with van der Waals surface area (Å²) in [5, 5.41) is 0. The minimum Gasteiger partial charge on any atom is -0.283 e. The predicted molar refractivity (Wildman–Crippen MR) is 106 cm³/mol. The highest BCUT2D eigenvalue weighted by molar-refractivity contribution is 7.93. The number of hydrogen-bond donors (Lipinski definition) is 2. The summed E-state index contributed by atoms with van der Waals surface area (Å²) in [4.78, 5) is 0.0798. The molecule has 0 fully saturated rings. The number of rotatable bonds is 6. The summed E-state index contributed by atoms with van der Waals surface area (Å²) in [5.41, 5.74) is 3.37. The normalized spacial score (nSPS) is 12.0. The first-order valence-corrected chi connectivity index (χ1v) is 11.5. The number of anilines is 2. The Balaban J connectivity index is 2.56. The topological polar surface area (TPSA) is 92.3 Å². The summed E-state index contributed by atoms with van der Waals surface area (Å²) in [5.74, 6) is 0. The molecule has 0 atom stereocenters. The fourth-order valence-corrected chi connectivity index (χ4v) is 5.20. The standard InChI is InChI=1S/C18H24N2O4S2/c1-6-15-8-7-9-16(11-15)19-26(23,24)18-13(3)10-12(2)17(14(18)4)20-25(5,21)22/h7-11,19-20H,6H2,1-5H3. The second kappa shape index (κ2) is 7.28. The molecular weight excluding hydrogens is 372 g/mol. The molecular formula is C18H24N2O4S2. The van der Waals surface area contributed by atoms with Crippen molar-refractivity contribution in [2.45, 2.75) is 39.0 Å². The van der Waals surface area contributed by atoms with Gasteiger partial charge in [-0.1, -0.05) is 25.1 Å². The van der Waals surface area contributed by atoms with Crippen LogP contribution in [0.25, 0.3) is 0 Å². The van der Waals surface area contributed by atoms with Crippen LogP contribution in [0.15, 0.2) is 35.2 Å². The van der Waals surface area contributed by atoms with Crippen LogP contribution in [0.1, 0.15) is 29.2 Å². The van der Waals surface area contributed by atoms with Crippen LogP contribution in [0.5, 0.6) is 0 Å². The summed E-state index contributed by atoms with van der Waals surface area (Å²) in [6.07, 6.45) is 1.83. The van der Waals surface area contributed by atoms with Crippen molar-refractivity contribution in [3.63, 3.8) is 0 Å². The van der Waals surface area contributed by atoms with Crippen LogP contribution in [-0.4, -0.2) is 23.1 Å². The molecule has 0 heterocycles. The van der Waals surface area contributed by atoms with E-state index in [0.717, 1.165) is 18.2 Å². The smallest absolute Gasteiger partial charge is 0.262 e. The van der Waals surface area contributed by atoms with Gasteiger partial charge < -0.3 is 0 Å². The zero-order valence-electron chi connectivity index (χ0n) is 15.5. The van der Waals surface area contributed by atoms with Gasteiger partial charge >= 0.3 is 0 Å². The first kappa shape index (κ1) is 20.3. The van der Waals surface area contributed by atoms with Crippen molar-refractivity contribution >= 4 is 31.4 Å². The first-order valence-electron chi connectivity index (χ1n) is 8.15. The van der Waals surface area contributed by atoms with Crippen LogP contribution in [0.4, 0.5) is 11.4 Å². The van der Waals surface area contributed by atoms with Crippen LogP contribution in [-0.2, 0) is 26.5 Å². The van der Waals surface area contributed by atoms with Crippen LogP contribution in [0.2, 0.25) is 0 Å². The lowest BCUT2D eigenvalue weighted by atomic mass is 10.1. The minimum absolute atomic E-state index is 0.0798. The maximum absolute atomic E-state index is 13.0. The summed E-state index contributed by atoms with van der Waals surface area (Å²) in [6.45, 7) is 7.03. The Labute approximate surface area is 155 Å². The third kappa shape index (κ3) is 4.56. The third-order valence-electron chi connectivity index (χ3n) is 4.04. The van der Waals surface area contributed by atoms with Crippen molar-refractivity contribution in [2.75, 3.05) is 15.7 Å². The van der Waals surface area contributed by atoms with Gasteiger partial charge in [-0.25, -0.2) is 16.8 Å². The van der Waals surface area contributed by atoms with E-state index in [0.29, 0.717) is 28.1 Å². The molecule has 0 aliphatic rings. The van der Waals surface area contributed by atoms with E-state index in [1.165, 1.54) is 0 Å². The molecule has 2 rings (SSSR count). The fraction of sp³-hybridized carbons (Fsp3) is 0.333. The maximum atomic E-state index is 13.0. The average Bonchev–Trinajstić information content (AvgIpc) is 2.49. The van der Waals surface area contributed by atoms with E-state index < -0.39 is 20.0 Å². The number of sulfonamides is 2. The minimum atomic E-state index is -3.88. The molecule has 0 aromatic heterocycles. The van der Waals surface area contributed by atoms with Gasteiger partial charge in [0.05, 0.1) is 16.8 Å². The molecule has 2 aromatic rings. The molecule has 0 unspecified atom stereocenters. The maximum Gasteiger partial charge on any atom is 0.262 e. The first-order chi connectivity index (χ1) is 11.9. The Morgan fingerprint density at radius 1 is 0.923 bits per heavy atom. The molecule has 2 aromatic carbocycles. The average molecular weight is 397 g/mol. The van der Waals surface area contributed by atoms with Gasteiger partial charge in [0.1, 0.15) is 0 Å². The van der Waals surface area contributed by atoms with Crippen molar-refractivity contribution < 1.29 is 16.8 Å². The molecule has 26 heavy (non-hydrogen) atoms. The van der Waals surface area contributed by atoms with E-state index in [9.17, 15) is 16.8 Å². The van der Waals surface area contributed by atoms with Crippen LogP contribution in [0.3, 0.4) is 0 Å². The molecule has 0 radical (unpaired) electrons. The van der Waals surface area contributed by atoms with Crippen molar-refractivity contribution in [3.8, 4) is 0 Å². The lowest BCUT2D eigenvalue weighted by molar-refractivity contribution is 0.599. The van der Waals surface area contributed by atoms with E-state index in [-0.39, 0.29) is 4.90 Å². The monoisotopic (exact) mass is 396 g/mol. The van der Waals surface area contributed by atoms with Gasteiger partial charge in [0.15, 0.2) is 0 Å². The summed E-state index contributed by atoms with van der Waals surface area (Å²) in [7, 11) is -7.41. The van der Waals surface area contributed by atoms with Crippen LogP contribution in [0, 0.1) is 20.8 Å². The van der Waals surface area contributed by atoms with Gasteiger partial charge in [0, 0.05) is 5.69 Å². The van der Waals surface area contributed by atoms with Gasteiger partial charge in [-0.15, -0.1) is 0 Å². The molecule has 2 N–H and O–H groups in total. The van der Waals surface area contributed by atoms with Gasteiger partial charge in [-0.05, 0) is 61.6 Å². The number of hydrogen-bond acceptors (Lipinski definition) is 4. The zero-order valence-corrected chi connectivity index (χ0v) is 17.2. The fourth-order valence-electron chi connectivity index (χ4n) is 2.98. The van der Waals surface area contributed by atoms with Crippen LogP contribution < -0.4 is 9.44 Å². The highest BCUT2D eigenvalue weighted by atomic mass is 32.2. The van der Waals surface area contributed by atoms with E-state index in [4.69, 9.17) is 0 Å². The van der Waals surface area contributed by atoms with Gasteiger partial charge in [-0.2, -0.15) is 0 Å². The Morgan fingerprint density at radius 3 is 2.15 bits per heavy atom. The quantitative estimate of drug-likeness (QED) is 0.783. The Morgan fingerprint density at radius 2 is 1.58 bits per heavy atom. The molecule has 0 amide bonds. The highest BCUT2D eigenvalue weighted by Gasteiger charge is 2.24. The van der Waals surface area contributed by atoms with E-state index >= 15 is 0 Å². The van der Waals surface area contributed by atoms with E-state index in [1.807, 2.05) is 13.0 Å². The third-order valence-corrected chi connectivity index (χ3v) is 6.29. The summed E-state index contributed by atoms with van der Waals surface area (Å²) < 4.78 is 54.3. The molecule has 0 saturated heterocycles. The lowest BCUT2D eigenvalue weighted by Crippen LogP contribution is -2.19. The molecule has 6 nitrogen and oxygen atoms in total. The Kier molecular flexibility index (Phi) is 5.67. The number of nitrogens with one attached hydrogen (secondary N) is 2. The van der Waals surface area contributed by atoms with Crippen molar-refractivity contribution in [1.29, 1.82) is 0 Å². The number of benzene rings is 2. The number of aryl methyl sites for hydroxylation is 3. The molecule has 142 valence electrons. The van der Waals surface area contributed by atoms with Crippen molar-refractivity contribution in [1.82, 2.24) is 0 Å². The molecule has 0 bridgehead atoms. The summed E-state index contributed by atoms with van der Waals surface area (Å²) in [6, 6.07) is 8.85. The molecule has 0 saturated carbocycles. The second-order valence-electron chi connectivity index (χ2n) is 6.37. The Bertz CT molecular complexity index is 1040. The molecule has 0 spiro atoms. The van der Waals surface area contributed by atoms with Crippen LogP contribution >= 0.6 is 0 Å². The van der Waals surface area contributed by atoms with E-state index in [2.05, 4.69) is 9.44 Å².